The molecule has 0 aliphatic carbocycles. The van der Waals surface area contributed by atoms with Gasteiger partial charge in [0.2, 0.25) is 0 Å². The first-order chi connectivity index (χ1) is 9.99. The van der Waals surface area contributed by atoms with Gasteiger partial charge in [-0.2, -0.15) is 13.9 Å². The van der Waals surface area contributed by atoms with Crippen LogP contribution >= 0.6 is 0 Å². The zero-order chi connectivity index (χ0) is 15.4. The Bertz CT molecular complexity index is 643. The average molecular weight is 297 g/mol. The number of carbonyl (C=O) groups excluding carboxylic acids is 1. The Hall–Kier alpha value is -2.64. The van der Waals surface area contributed by atoms with Crippen molar-refractivity contribution in [2.75, 3.05) is 12.4 Å². The summed E-state index contributed by atoms with van der Waals surface area (Å²) >= 11 is 0. The van der Waals surface area contributed by atoms with E-state index in [4.69, 9.17) is 4.74 Å². The van der Waals surface area contributed by atoms with Crippen LogP contribution in [0, 0.1) is 0 Å². The fourth-order valence-corrected chi connectivity index (χ4v) is 1.68. The topological polar surface area (TPSA) is 65.4 Å². The minimum absolute atomic E-state index is 0.148. The maximum atomic E-state index is 12.3. The number of anilines is 1. The summed E-state index contributed by atoms with van der Waals surface area (Å²) in [6.45, 7) is -2.98. The molecule has 2 aromatic rings. The molecule has 21 heavy (non-hydrogen) atoms. The van der Waals surface area contributed by atoms with Gasteiger partial charge in [0, 0.05) is 25.0 Å². The van der Waals surface area contributed by atoms with Gasteiger partial charge in [0.1, 0.15) is 0 Å². The number of halogens is 2. The predicted octanol–water partition coefficient (Wildman–Crippen LogP) is 2.28. The van der Waals surface area contributed by atoms with Gasteiger partial charge in [0.15, 0.2) is 11.5 Å². The lowest BCUT2D eigenvalue weighted by atomic mass is 10.2. The number of hydrogen-bond acceptors (Lipinski definition) is 4. The Labute approximate surface area is 119 Å². The third kappa shape index (κ3) is 3.68. The number of nitrogens with one attached hydrogen (secondary N) is 1. The summed E-state index contributed by atoms with van der Waals surface area (Å²) in [7, 11) is 3.01. The summed E-state index contributed by atoms with van der Waals surface area (Å²) in [4.78, 5) is 11.9. The number of alkyl halides is 2. The fraction of sp³-hybridized carbons (Fsp3) is 0.231. The molecule has 8 heteroatoms. The van der Waals surface area contributed by atoms with Crippen molar-refractivity contribution in [2.24, 2.45) is 7.05 Å². The highest BCUT2D eigenvalue weighted by molar-refractivity contribution is 6.04. The molecule has 0 saturated heterocycles. The van der Waals surface area contributed by atoms with Gasteiger partial charge in [-0.3, -0.25) is 9.48 Å². The molecule has 1 N–H and O–H groups in total. The maximum Gasteiger partial charge on any atom is 0.387 e. The summed E-state index contributed by atoms with van der Waals surface area (Å²) < 4.78 is 35.4. The number of aromatic nitrogens is 2. The standard InChI is InChI=1S/C13H13F2N3O3/c1-18-7-8(6-16-18)12(19)17-9-3-4-10(20-2)11(5-9)21-13(14)15/h3-7,13H,1-2H3,(H,17,19). The van der Waals surface area contributed by atoms with Crippen LogP contribution in [0.1, 0.15) is 10.4 Å². The summed E-state index contributed by atoms with van der Waals surface area (Å²) in [6, 6.07) is 4.21. The van der Waals surface area contributed by atoms with E-state index in [9.17, 15) is 13.6 Å². The average Bonchev–Trinajstić information content (AvgIpc) is 2.85. The zero-order valence-electron chi connectivity index (χ0n) is 11.3. The molecule has 0 radical (unpaired) electrons. The van der Waals surface area contributed by atoms with Crippen molar-refractivity contribution in [2.45, 2.75) is 6.61 Å². The normalized spacial score (nSPS) is 10.5. The van der Waals surface area contributed by atoms with Gasteiger partial charge in [-0.25, -0.2) is 0 Å². The van der Waals surface area contributed by atoms with Gasteiger partial charge >= 0.3 is 6.61 Å². The first kappa shape index (κ1) is 14.8. The molecule has 0 fully saturated rings. The minimum Gasteiger partial charge on any atom is -0.493 e. The molecule has 1 heterocycles. The third-order valence-electron chi connectivity index (χ3n) is 2.60. The molecule has 1 aromatic carbocycles. The number of nitrogens with zero attached hydrogens (tertiary/aromatic N) is 2. The van der Waals surface area contributed by atoms with Gasteiger partial charge in [0.25, 0.3) is 5.91 Å². The molecule has 2 rings (SSSR count). The zero-order valence-corrected chi connectivity index (χ0v) is 11.3. The van der Waals surface area contributed by atoms with Crippen molar-refractivity contribution >= 4 is 11.6 Å². The maximum absolute atomic E-state index is 12.3. The molecule has 0 saturated carbocycles. The number of amides is 1. The van der Waals surface area contributed by atoms with E-state index in [1.807, 2.05) is 0 Å². The molecule has 0 atom stereocenters. The number of hydrogen-bond donors (Lipinski definition) is 1. The van der Waals surface area contributed by atoms with E-state index in [0.29, 0.717) is 11.3 Å². The van der Waals surface area contributed by atoms with Crippen molar-refractivity contribution in [1.82, 2.24) is 9.78 Å². The number of benzene rings is 1. The second-order valence-electron chi connectivity index (χ2n) is 4.10. The van der Waals surface area contributed by atoms with Gasteiger partial charge in [-0.05, 0) is 12.1 Å². The number of rotatable bonds is 5. The van der Waals surface area contributed by atoms with Crippen LogP contribution in [0.5, 0.6) is 11.5 Å². The third-order valence-corrected chi connectivity index (χ3v) is 2.60. The molecule has 112 valence electrons. The largest absolute Gasteiger partial charge is 0.493 e. The van der Waals surface area contributed by atoms with Crippen LogP contribution in [0.2, 0.25) is 0 Å². The molecule has 6 nitrogen and oxygen atoms in total. The predicted molar refractivity (Wildman–Crippen MR) is 70.8 cm³/mol. The second-order valence-corrected chi connectivity index (χ2v) is 4.10. The lowest BCUT2D eigenvalue weighted by molar-refractivity contribution is -0.0511. The van der Waals surface area contributed by atoms with Crippen LogP contribution in [0.25, 0.3) is 0 Å². The van der Waals surface area contributed by atoms with E-state index in [0.717, 1.165) is 0 Å². The highest BCUT2D eigenvalue weighted by Crippen LogP contribution is 2.31. The van der Waals surface area contributed by atoms with Crippen molar-refractivity contribution in [3.05, 3.63) is 36.2 Å². The van der Waals surface area contributed by atoms with Gasteiger partial charge in [-0.1, -0.05) is 0 Å². The van der Waals surface area contributed by atoms with Crippen molar-refractivity contribution in [3.63, 3.8) is 0 Å². The molecule has 0 unspecified atom stereocenters. The van der Waals surface area contributed by atoms with E-state index in [2.05, 4.69) is 15.2 Å². The van der Waals surface area contributed by atoms with Gasteiger partial charge in [-0.15, -0.1) is 0 Å². The van der Waals surface area contributed by atoms with Crippen molar-refractivity contribution in [3.8, 4) is 11.5 Å². The molecular formula is C13H13F2N3O3. The van der Waals surface area contributed by atoms with E-state index >= 15 is 0 Å². The summed E-state index contributed by atoms with van der Waals surface area (Å²) in [5, 5.41) is 6.44. The van der Waals surface area contributed by atoms with Crippen molar-refractivity contribution in [1.29, 1.82) is 0 Å². The van der Waals surface area contributed by atoms with Gasteiger partial charge < -0.3 is 14.8 Å². The van der Waals surface area contributed by atoms with Crippen LogP contribution in [0.3, 0.4) is 0 Å². The first-order valence-electron chi connectivity index (χ1n) is 5.92. The minimum atomic E-state index is -2.98. The Balaban J connectivity index is 2.18. The van der Waals surface area contributed by atoms with E-state index < -0.39 is 12.5 Å². The number of methoxy groups -OCH3 is 1. The summed E-state index contributed by atoms with van der Waals surface area (Å²) in [5.74, 6) is -0.414. The number of carbonyl (C=O) groups is 1. The SMILES string of the molecule is COc1ccc(NC(=O)c2cnn(C)c2)cc1OC(F)F. The van der Waals surface area contributed by atoms with E-state index in [-0.39, 0.29) is 11.5 Å². The smallest absolute Gasteiger partial charge is 0.387 e. The van der Waals surface area contributed by atoms with Crippen molar-refractivity contribution < 1.29 is 23.0 Å². The van der Waals surface area contributed by atoms with E-state index in [1.165, 1.54) is 42.4 Å². The highest BCUT2D eigenvalue weighted by atomic mass is 19.3. The van der Waals surface area contributed by atoms with E-state index in [1.54, 1.807) is 7.05 Å². The van der Waals surface area contributed by atoms with Crippen LogP contribution in [-0.2, 0) is 7.05 Å². The monoisotopic (exact) mass is 297 g/mol. The van der Waals surface area contributed by atoms with Crippen LogP contribution < -0.4 is 14.8 Å². The molecule has 0 aliphatic heterocycles. The lowest BCUT2D eigenvalue weighted by Crippen LogP contribution is -2.11. The number of aryl methyl sites for hydroxylation is 1. The Kier molecular flexibility index (Phi) is 4.36. The molecular weight excluding hydrogens is 284 g/mol. The Morgan fingerprint density at radius 1 is 1.38 bits per heavy atom. The fourth-order valence-electron chi connectivity index (χ4n) is 1.68. The molecule has 0 aliphatic rings. The van der Waals surface area contributed by atoms with Crippen LogP contribution in [0.15, 0.2) is 30.6 Å². The molecule has 1 aromatic heterocycles. The van der Waals surface area contributed by atoms with Gasteiger partial charge in [0.05, 0.1) is 18.9 Å². The Morgan fingerprint density at radius 3 is 2.71 bits per heavy atom. The van der Waals surface area contributed by atoms with Crippen LogP contribution in [-0.4, -0.2) is 29.4 Å². The summed E-state index contributed by atoms with van der Waals surface area (Å²) in [5.41, 5.74) is 0.657. The van der Waals surface area contributed by atoms with Crippen LogP contribution in [0.4, 0.5) is 14.5 Å². The summed E-state index contributed by atoms with van der Waals surface area (Å²) in [6.07, 6.45) is 2.94. The lowest BCUT2D eigenvalue weighted by Gasteiger charge is -2.11. The number of ether oxygens (including phenoxy) is 2. The molecule has 0 bridgehead atoms. The highest BCUT2D eigenvalue weighted by Gasteiger charge is 2.13. The quantitative estimate of drug-likeness (QED) is 0.919. The first-order valence-corrected chi connectivity index (χ1v) is 5.92. The second kappa shape index (κ2) is 6.21. The Morgan fingerprint density at radius 2 is 2.14 bits per heavy atom. The molecule has 1 amide bonds. The molecule has 0 spiro atoms.